The number of aliphatic hydroxyl groups is 1. The lowest BCUT2D eigenvalue weighted by atomic mass is 10.0. The van der Waals surface area contributed by atoms with Crippen LogP contribution in [0, 0.1) is 5.82 Å². The molecule has 2 N–H and O–H groups in total. The first-order chi connectivity index (χ1) is 10.1. The largest absolute Gasteiger partial charge is 0.395 e. The number of likely N-dealkylation sites (tertiary alicyclic amines) is 1. The number of hydrogen-bond acceptors (Lipinski definition) is 3. The molecule has 1 heterocycles. The fraction of sp³-hybridized carbons (Fsp3) is 0.562. The molecule has 116 valence electrons. The third-order valence-electron chi connectivity index (χ3n) is 4.06. The molecule has 0 saturated carbocycles. The van der Waals surface area contributed by atoms with E-state index in [4.69, 9.17) is 5.11 Å². The van der Waals surface area contributed by atoms with E-state index < -0.39 is 0 Å². The van der Waals surface area contributed by atoms with Crippen molar-refractivity contribution in [1.82, 2.24) is 10.2 Å². The van der Waals surface area contributed by atoms with Crippen LogP contribution in [0.4, 0.5) is 4.39 Å². The van der Waals surface area contributed by atoms with Gasteiger partial charge >= 0.3 is 0 Å². The molecule has 1 fully saturated rings. The van der Waals surface area contributed by atoms with Gasteiger partial charge in [-0.2, -0.15) is 0 Å². The highest BCUT2D eigenvalue weighted by molar-refractivity contribution is 5.78. The van der Waals surface area contributed by atoms with E-state index in [0.29, 0.717) is 0 Å². The van der Waals surface area contributed by atoms with Gasteiger partial charge in [-0.05, 0) is 37.5 Å². The first-order valence-corrected chi connectivity index (χ1v) is 7.47. The highest BCUT2D eigenvalue weighted by atomic mass is 19.1. The summed E-state index contributed by atoms with van der Waals surface area (Å²) in [6.45, 7) is 3.96. The molecule has 1 amide bonds. The molecule has 0 bridgehead atoms. The maximum atomic E-state index is 12.8. The van der Waals surface area contributed by atoms with Gasteiger partial charge in [0.05, 0.1) is 13.0 Å². The van der Waals surface area contributed by atoms with E-state index in [-0.39, 0.29) is 36.8 Å². The number of rotatable bonds is 5. The molecule has 1 aromatic rings. The fourth-order valence-corrected chi connectivity index (χ4v) is 2.67. The van der Waals surface area contributed by atoms with E-state index in [0.717, 1.165) is 31.5 Å². The van der Waals surface area contributed by atoms with Crippen molar-refractivity contribution in [2.75, 3.05) is 19.7 Å². The number of hydrogen-bond donors (Lipinski definition) is 2. The highest BCUT2D eigenvalue weighted by Crippen LogP contribution is 2.13. The van der Waals surface area contributed by atoms with Crippen LogP contribution in [0.5, 0.6) is 0 Å². The van der Waals surface area contributed by atoms with Crippen molar-refractivity contribution >= 4 is 5.91 Å². The summed E-state index contributed by atoms with van der Waals surface area (Å²) in [6, 6.07) is 6.40. The zero-order valence-corrected chi connectivity index (χ0v) is 12.4. The number of halogens is 1. The molecular weight excluding hydrogens is 271 g/mol. The summed E-state index contributed by atoms with van der Waals surface area (Å²) in [5, 5.41) is 12.2. The topological polar surface area (TPSA) is 52.6 Å². The lowest BCUT2D eigenvalue weighted by Gasteiger charge is -2.35. The second kappa shape index (κ2) is 7.52. The van der Waals surface area contributed by atoms with Gasteiger partial charge in [0.2, 0.25) is 5.91 Å². The summed E-state index contributed by atoms with van der Waals surface area (Å²) in [4.78, 5) is 14.2. The van der Waals surface area contributed by atoms with Crippen LogP contribution in [0.1, 0.15) is 25.3 Å². The molecule has 1 aliphatic rings. The number of carbonyl (C=O) groups excluding carboxylic acids is 1. The number of piperidine rings is 1. The smallest absolute Gasteiger partial charge is 0.224 e. The van der Waals surface area contributed by atoms with Gasteiger partial charge in [0, 0.05) is 25.2 Å². The summed E-state index contributed by atoms with van der Waals surface area (Å²) < 4.78 is 12.8. The summed E-state index contributed by atoms with van der Waals surface area (Å²) in [5.74, 6) is -0.306. The highest BCUT2D eigenvalue weighted by Gasteiger charge is 2.23. The Bertz CT molecular complexity index is 456. The van der Waals surface area contributed by atoms with Crippen molar-refractivity contribution in [1.29, 1.82) is 0 Å². The third kappa shape index (κ3) is 4.79. The van der Waals surface area contributed by atoms with Crippen LogP contribution < -0.4 is 5.32 Å². The summed E-state index contributed by atoms with van der Waals surface area (Å²) in [6.07, 6.45) is 2.09. The molecule has 1 aromatic carbocycles. The van der Waals surface area contributed by atoms with E-state index in [1.807, 2.05) is 6.92 Å². The maximum absolute atomic E-state index is 12.8. The molecule has 0 radical (unpaired) electrons. The molecule has 0 aromatic heterocycles. The first-order valence-electron chi connectivity index (χ1n) is 7.47. The minimum Gasteiger partial charge on any atom is -0.395 e. The van der Waals surface area contributed by atoms with Crippen LogP contribution in [0.15, 0.2) is 24.3 Å². The summed E-state index contributed by atoms with van der Waals surface area (Å²) >= 11 is 0. The molecule has 5 heteroatoms. The Morgan fingerprint density at radius 2 is 2.00 bits per heavy atom. The number of amides is 1. The van der Waals surface area contributed by atoms with E-state index in [2.05, 4.69) is 10.2 Å². The predicted octanol–water partition coefficient (Wildman–Crippen LogP) is 1.33. The number of nitrogens with one attached hydrogen (secondary N) is 1. The molecule has 0 unspecified atom stereocenters. The summed E-state index contributed by atoms with van der Waals surface area (Å²) in [7, 11) is 0. The number of aliphatic hydroxyl groups excluding tert-OH is 1. The molecular formula is C16H23FN2O2. The monoisotopic (exact) mass is 294 g/mol. The minimum atomic E-state index is -0.287. The number of nitrogens with zero attached hydrogens (tertiary/aromatic N) is 1. The van der Waals surface area contributed by atoms with Gasteiger partial charge in [-0.15, -0.1) is 0 Å². The standard InChI is InChI=1S/C16H23FN2O2/c1-12(11-20)19-8-6-15(7-9-19)18-16(21)10-13-2-4-14(17)5-3-13/h2-5,12,15,20H,6-11H2,1H3,(H,18,21)/t12-/m1/s1. The predicted molar refractivity (Wildman–Crippen MR) is 79.4 cm³/mol. The molecule has 2 rings (SSSR count). The average Bonchev–Trinajstić information content (AvgIpc) is 2.49. The van der Waals surface area contributed by atoms with Crippen LogP contribution >= 0.6 is 0 Å². The van der Waals surface area contributed by atoms with Crippen molar-refractivity contribution < 1.29 is 14.3 Å². The molecule has 4 nitrogen and oxygen atoms in total. The second-order valence-electron chi connectivity index (χ2n) is 5.71. The Morgan fingerprint density at radius 1 is 1.38 bits per heavy atom. The van der Waals surface area contributed by atoms with Gasteiger partial charge in [0.1, 0.15) is 5.82 Å². The average molecular weight is 294 g/mol. The Kier molecular flexibility index (Phi) is 5.70. The van der Waals surface area contributed by atoms with Gasteiger partial charge in [0.15, 0.2) is 0 Å². The van der Waals surface area contributed by atoms with Crippen LogP contribution in [0.25, 0.3) is 0 Å². The van der Waals surface area contributed by atoms with Crippen molar-refractivity contribution in [2.24, 2.45) is 0 Å². The number of benzene rings is 1. The van der Waals surface area contributed by atoms with Crippen LogP contribution in [0.2, 0.25) is 0 Å². The minimum absolute atomic E-state index is 0.0183. The summed E-state index contributed by atoms with van der Waals surface area (Å²) in [5.41, 5.74) is 0.820. The van der Waals surface area contributed by atoms with E-state index in [9.17, 15) is 9.18 Å². The van der Waals surface area contributed by atoms with Crippen LogP contribution in [-0.4, -0.2) is 47.7 Å². The van der Waals surface area contributed by atoms with Gasteiger partial charge in [-0.25, -0.2) is 4.39 Å². The molecule has 1 atom stereocenters. The van der Waals surface area contributed by atoms with Crippen LogP contribution in [-0.2, 0) is 11.2 Å². The van der Waals surface area contributed by atoms with Crippen molar-refractivity contribution in [3.05, 3.63) is 35.6 Å². The van der Waals surface area contributed by atoms with Crippen LogP contribution in [0.3, 0.4) is 0 Å². The van der Waals surface area contributed by atoms with E-state index >= 15 is 0 Å². The maximum Gasteiger partial charge on any atom is 0.224 e. The zero-order chi connectivity index (χ0) is 15.2. The Labute approximate surface area is 125 Å². The van der Waals surface area contributed by atoms with Gasteiger partial charge in [0.25, 0.3) is 0 Å². The van der Waals surface area contributed by atoms with Gasteiger partial charge in [-0.1, -0.05) is 12.1 Å². The van der Waals surface area contributed by atoms with E-state index in [1.54, 1.807) is 12.1 Å². The van der Waals surface area contributed by atoms with Crippen molar-refractivity contribution in [3.63, 3.8) is 0 Å². The van der Waals surface area contributed by atoms with Crippen molar-refractivity contribution in [2.45, 2.75) is 38.3 Å². The Hall–Kier alpha value is -1.46. The quantitative estimate of drug-likeness (QED) is 0.861. The Balaban J connectivity index is 1.75. The van der Waals surface area contributed by atoms with Crippen molar-refractivity contribution in [3.8, 4) is 0 Å². The van der Waals surface area contributed by atoms with Gasteiger partial charge in [-0.3, -0.25) is 9.69 Å². The normalized spacial score (nSPS) is 18.4. The number of carbonyl (C=O) groups is 1. The second-order valence-corrected chi connectivity index (χ2v) is 5.71. The SMILES string of the molecule is C[C@H](CO)N1CCC(NC(=O)Cc2ccc(F)cc2)CC1. The lowest BCUT2D eigenvalue weighted by Crippen LogP contribution is -2.48. The zero-order valence-electron chi connectivity index (χ0n) is 12.4. The molecule has 1 saturated heterocycles. The van der Waals surface area contributed by atoms with E-state index in [1.165, 1.54) is 12.1 Å². The molecule has 0 aliphatic carbocycles. The van der Waals surface area contributed by atoms with Gasteiger partial charge < -0.3 is 10.4 Å². The molecule has 1 aliphatic heterocycles. The lowest BCUT2D eigenvalue weighted by molar-refractivity contribution is -0.121. The fourth-order valence-electron chi connectivity index (χ4n) is 2.67. The Morgan fingerprint density at radius 3 is 2.57 bits per heavy atom. The molecule has 0 spiro atoms. The first kappa shape index (κ1) is 15.9. The molecule has 21 heavy (non-hydrogen) atoms. The third-order valence-corrected chi connectivity index (χ3v) is 4.06.